The Labute approximate surface area is 137 Å². The normalized spacial score (nSPS) is 18.4. The van der Waals surface area contributed by atoms with Gasteiger partial charge in [0.25, 0.3) is 0 Å². The van der Waals surface area contributed by atoms with Crippen LogP contribution in [0.15, 0.2) is 34.4 Å². The van der Waals surface area contributed by atoms with Gasteiger partial charge in [-0.25, -0.2) is 9.97 Å². The summed E-state index contributed by atoms with van der Waals surface area (Å²) in [7, 11) is 0. The van der Waals surface area contributed by atoms with E-state index in [-0.39, 0.29) is 0 Å². The largest absolute Gasteiger partial charge is 0.354 e. The van der Waals surface area contributed by atoms with E-state index in [1.165, 1.54) is 19.3 Å². The minimum atomic E-state index is 0.728. The molecule has 114 valence electrons. The number of nitrogens with zero attached hydrogens (tertiary/aromatic N) is 6. The van der Waals surface area contributed by atoms with Crippen molar-refractivity contribution in [2.75, 3.05) is 29.4 Å². The van der Waals surface area contributed by atoms with Gasteiger partial charge in [-0.05, 0) is 35.2 Å². The summed E-state index contributed by atoms with van der Waals surface area (Å²) in [4.78, 5) is 18.0. The molecule has 0 spiro atoms. The number of hydrogen-bond donors (Lipinski definition) is 0. The number of aromatic nitrogens is 3. The molecule has 6 nitrogen and oxygen atoms in total. The molecule has 4 heterocycles. The second kappa shape index (κ2) is 5.72. The molecular weight excluding hydrogens is 344 g/mol. The fraction of sp³-hybridized carbons (Fsp3) is 0.400. The Morgan fingerprint density at radius 2 is 1.95 bits per heavy atom. The van der Waals surface area contributed by atoms with Crippen LogP contribution < -0.4 is 9.80 Å². The van der Waals surface area contributed by atoms with Crippen molar-refractivity contribution in [1.29, 1.82) is 0 Å². The minimum absolute atomic E-state index is 0.728. The van der Waals surface area contributed by atoms with E-state index in [1.54, 1.807) is 6.20 Å². The zero-order chi connectivity index (χ0) is 14.9. The van der Waals surface area contributed by atoms with Crippen LogP contribution in [-0.2, 0) is 0 Å². The highest BCUT2D eigenvalue weighted by Crippen LogP contribution is 2.31. The summed E-state index contributed by atoms with van der Waals surface area (Å²) >= 11 is 3.68. The van der Waals surface area contributed by atoms with Gasteiger partial charge in [0, 0.05) is 44.1 Å². The number of piperidine rings is 1. The Bertz CT molecular complexity index is 744. The maximum atomic E-state index is 4.84. The first-order chi connectivity index (χ1) is 10.8. The second-order valence-corrected chi connectivity index (χ2v) is 6.25. The van der Waals surface area contributed by atoms with E-state index in [1.807, 2.05) is 24.8 Å². The van der Waals surface area contributed by atoms with Crippen molar-refractivity contribution in [1.82, 2.24) is 14.4 Å². The van der Waals surface area contributed by atoms with Crippen LogP contribution in [-0.4, -0.2) is 40.2 Å². The van der Waals surface area contributed by atoms with Gasteiger partial charge in [0.05, 0.1) is 6.54 Å². The van der Waals surface area contributed by atoms with Crippen molar-refractivity contribution in [3.05, 3.63) is 29.4 Å². The molecule has 0 bridgehead atoms. The van der Waals surface area contributed by atoms with Gasteiger partial charge in [-0.2, -0.15) is 0 Å². The molecule has 0 unspecified atom stereocenters. The quantitative estimate of drug-likeness (QED) is 0.826. The van der Waals surface area contributed by atoms with E-state index in [9.17, 15) is 0 Å². The molecule has 4 rings (SSSR count). The SMILES string of the molecule is Brc1c(N2C=CN=CC2)nc2c(N3CCCCC3)nccn12. The Morgan fingerprint density at radius 3 is 2.73 bits per heavy atom. The predicted octanol–water partition coefficient (Wildman–Crippen LogP) is 2.84. The van der Waals surface area contributed by atoms with E-state index in [0.29, 0.717) is 0 Å². The topological polar surface area (TPSA) is 49.0 Å². The lowest BCUT2D eigenvalue weighted by molar-refractivity contribution is 0.573. The lowest BCUT2D eigenvalue weighted by Gasteiger charge is -2.27. The van der Waals surface area contributed by atoms with Crippen LogP contribution in [0.4, 0.5) is 11.6 Å². The molecule has 22 heavy (non-hydrogen) atoms. The molecule has 2 aliphatic heterocycles. The number of rotatable bonds is 2. The summed E-state index contributed by atoms with van der Waals surface area (Å²) in [6.45, 7) is 2.84. The molecule has 0 N–H and O–H groups in total. The third-order valence-electron chi connectivity index (χ3n) is 4.09. The van der Waals surface area contributed by atoms with Crippen molar-refractivity contribution < 1.29 is 0 Å². The van der Waals surface area contributed by atoms with Gasteiger partial charge < -0.3 is 9.80 Å². The van der Waals surface area contributed by atoms with Gasteiger partial charge in [-0.1, -0.05) is 0 Å². The molecule has 7 heteroatoms. The third kappa shape index (κ3) is 2.29. The summed E-state index contributed by atoms with van der Waals surface area (Å²) in [6.07, 6.45) is 13.2. The lowest BCUT2D eigenvalue weighted by atomic mass is 10.1. The lowest BCUT2D eigenvalue weighted by Crippen LogP contribution is -2.30. The second-order valence-electron chi connectivity index (χ2n) is 5.50. The van der Waals surface area contributed by atoms with E-state index in [0.717, 1.165) is 41.5 Å². The maximum Gasteiger partial charge on any atom is 0.183 e. The first kappa shape index (κ1) is 13.8. The first-order valence-corrected chi connectivity index (χ1v) is 8.36. The monoisotopic (exact) mass is 360 g/mol. The number of imidazole rings is 1. The predicted molar refractivity (Wildman–Crippen MR) is 91.7 cm³/mol. The number of aliphatic imine (C=N–C) groups is 1. The van der Waals surface area contributed by atoms with Crippen molar-refractivity contribution in [2.24, 2.45) is 4.99 Å². The number of hydrogen-bond acceptors (Lipinski definition) is 5. The number of anilines is 2. The highest BCUT2D eigenvalue weighted by molar-refractivity contribution is 9.10. The van der Waals surface area contributed by atoms with Crippen LogP contribution in [0.5, 0.6) is 0 Å². The van der Waals surface area contributed by atoms with Gasteiger partial charge in [0.1, 0.15) is 4.60 Å². The summed E-state index contributed by atoms with van der Waals surface area (Å²) in [6, 6.07) is 0. The van der Waals surface area contributed by atoms with Gasteiger partial charge in [0.2, 0.25) is 0 Å². The Morgan fingerprint density at radius 1 is 1.09 bits per heavy atom. The molecule has 2 aliphatic rings. The molecule has 0 amide bonds. The standard InChI is InChI=1S/C15H17BrN6/c16-12-13(21-9-4-17-5-10-21)19-15-14(18-6-11-22(12)15)20-7-2-1-3-8-20/h4-6,9,11H,1-3,7-8,10H2. The molecule has 0 atom stereocenters. The van der Waals surface area contributed by atoms with E-state index in [4.69, 9.17) is 4.98 Å². The van der Waals surface area contributed by atoms with Crippen molar-refractivity contribution >= 4 is 39.4 Å². The summed E-state index contributed by atoms with van der Waals surface area (Å²) in [5.41, 5.74) is 0.905. The highest BCUT2D eigenvalue weighted by Gasteiger charge is 2.21. The zero-order valence-corrected chi connectivity index (χ0v) is 13.8. The van der Waals surface area contributed by atoms with Crippen LogP contribution in [0.1, 0.15) is 19.3 Å². The summed E-state index contributed by atoms with van der Waals surface area (Å²) in [5.74, 6) is 1.87. The van der Waals surface area contributed by atoms with Gasteiger partial charge in [0.15, 0.2) is 17.3 Å². The van der Waals surface area contributed by atoms with E-state index >= 15 is 0 Å². The molecule has 0 aromatic carbocycles. The van der Waals surface area contributed by atoms with Crippen LogP contribution in [0.25, 0.3) is 5.65 Å². The molecule has 0 radical (unpaired) electrons. The average molecular weight is 361 g/mol. The Kier molecular flexibility index (Phi) is 3.57. The van der Waals surface area contributed by atoms with E-state index < -0.39 is 0 Å². The van der Waals surface area contributed by atoms with Crippen LogP contribution in [0, 0.1) is 0 Å². The van der Waals surface area contributed by atoms with Crippen LogP contribution >= 0.6 is 15.9 Å². The first-order valence-electron chi connectivity index (χ1n) is 7.57. The molecular formula is C15H17BrN6. The Balaban J connectivity index is 1.79. The zero-order valence-electron chi connectivity index (χ0n) is 12.2. The van der Waals surface area contributed by atoms with Crippen LogP contribution in [0.2, 0.25) is 0 Å². The third-order valence-corrected chi connectivity index (χ3v) is 4.83. The average Bonchev–Trinajstić information content (AvgIpc) is 2.94. The van der Waals surface area contributed by atoms with Gasteiger partial charge >= 0.3 is 0 Å². The summed E-state index contributed by atoms with van der Waals surface area (Å²) < 4.78 is 3.01. The molecule has 0 aliphatic carbocycles. The maximum absolute atomic E-state index is 4.84. The number of fused-ring (bicyclic) bond motifs is 1. The summed E-state index contributed by atoms with van der Waals surface area (Å²) in [5, 5.41) is 0. The molecule has 0 saturated carbocycles. The molecule has 2 aromatic heterocycles. The van der Waals surface area contributed by atoms with Crippen LogP contribution in [0.3, 0.4) is 0 Å². The molecule has 1 saturated heterocycles. The van der Waals surface area contributed by atoms with Crippen molar-refractivity contribution in [3.63, 3.8) is 0 Å². The van der Waals surface area contributed by atoms with E-state index in [2.05, 4.69) is 40.1 Å². The minimum Gasteiger partial charge on any atom is -0.354 e. The fourth-order valence-corrected chi connectivity index (χ4v) is 3.57. The van der Waals surface area contributed by atoms with Crippen molar-refractivity contribution in [2.45, 2.75) is 19.3 Å². The smallest absolute Gasteiger partial charge is 0.183 e. The molecule has 2 aromatic rings. The highest BCUT2D eigenvalue weighted by atomic mass is 79.9. The van der Waals surface area contributed by atoms with Gasteiger partial charge in [-0.15, -0.1) is 0 Å². The van der Waals surface area contributed by atoms with Gasteiger partial charge in [-0.3, -0.25) is 9.39 Å². The molecule has 1 fully saturated rings. The fourth-order valence-electron chi connectivity index (χ4n) is 2.97. The Hall–Kier alpha value is -1.89. The van der Waals surface area contributed by atoms with Crippen molar-refractivity contribution in [3.8, 4) is 0 Å². The number of halogens is 1.